The highest BCUT2D eigenvalue weighted by Crippen LogP contribution is 2.15. The van der Waals surface area contributed by atoms with Gasteiger partial charge >= 0.3 is 0 Å². The molecule has 1 unspecified atom stereocenters. The minimum Gasteiger partial charge on any atom is -0.332 e. The molecule has 1 fully saturated rings. The van der Waals surface area contributed by atoms with Crippen LogP contribution in [0.4, 0.5) is 0 Å². The SMILES string of the molecule is CC1CNCCN1C(=O)c1ccn(-c2cccc(Cl)c2)n1.Cl. The van der Waals surface area contributed by atoms with Crippen LogP contribution in [0.3, 0.4) is 0 Å². The van der Waals surface area contributed by atoms with Gasteiger partial charge in [-0.3, -0.25) is 4.79 Å². The zero-order valence-corrected chi connectivity index (χ0v) is 13.8. The summed E-state index contributed by atoms with van der Waals surface area (Å²) in [4.78, 5) is 14.4. The predicted octanol–water partition coefficient (Wildman–Crippen LogP) is 2.38. The summed E-state index contributed by atoms with van der Waals surface area (Å²) in [5, 5.41) is 8.30. The zero-order valence-electron chi connectivity index (χ0n) is 12.2. The fourth-order valence-corrected chi connectivity index (χ4v) is 2.67. The van der Waals surface area contributed by atoms with Gasteiger partial charge in [0.1, 0.15) is 0 Å². The Labute approximate surface area is 140 Å². The Balaban J connectivity index is 0.00000176. The van der Waals surface area contributed by atoms with Crippen molar-refractivity contribution < 1.29 is 4.79 Å². The van der Waals surface area contributed by atoms with Crippen LogP contribution in [-0.4, -0.2) is 46.3 Å². The summed E-state index contributed by atoms with van der Waals surface area (Å²) < 4.78 is 1.67. The van der Waals surface area contributed by atoms with Crippen LogP contribution in [0, 0.1) is 0 Å². The third-order valence-electron chi connectivity index (χ3n) is 3.64. The van der Waals surface area contributed by atoms with Crippen molar-refractivity contribution in [2.45, 2.75) is 13.0 Å². The summed E-state index contributed by atoms with van der Waals surface area (Å²) in [5.74, 6) is -0.0234. The lowest BCUT2D eigenvalue weighted by Gasteiger charge is -2.33. The van der Waals surface area contributed by atoms with Gasteiger partial charge in [-0.05, 0) is 31.2 Å². The minimum absolute atomic E-state index is 0. The van der Waals surface area contributed by atoms with Gasteiger partial charge in [-0.25, -0.2) is 4.68 Å². The molecule has 2 heterocycles. The number of nitrogens with one attached hydrogen (secondary N) is 1. The molecule has 0 spiro atoms. The van der Waals surface area contributed by atoms with Crippen molar-refractivity contribution in [3.63, 3.8) is 0 Å². The van der Waals surface area contributed by atoms with E-state index in [0.29, 0.717) is 17.3 Å². The summed E-state index contributed by atoms with van der Waals surface area (Å²) in [5.41, 5.74) is 1.30. The maximum atomic E-state index is 12.5. The molecule has 1 aliphatic heterocycles. The van der Waals surface area contributed by atoms with E-state index in [1.165, 1.54) is 0 Å². The van der Waals surface area contributed by atoms with Gasteiger partial charge in [-0.1, -0.05) is 17.7 Å². The Morgan fingerprint density at radius 1 is 1.41 bits per heavy atom. The highest BCUT2D eigenvalue weighted by atomic mass is 35.5. The summed E-state index contributed by atoms with van der Waals surface area (Å²) in [7, 11) is 0. The molecule has 3 rings (SSSR count). The van der Waals surface area contributed by atoms with Gasteiger partial charge in [0.25, 0.3) is 5.91 Å². The van der Waals surface area contributed by atoms with Gasteiger partial charge in [-0.2, -0.15) is 5.10 Å². The second-order valence-electron chi connectivity index (χ2n) is 5.18. The molecule has 5 nitrogen and oxygen atoms in total. The number of amides is 1. The van der Waals surface area contributed by atoms with Crippen LogP contribution < -0.4 is 5.32 Å². The quantitative estimate of drug-likeness (QED) is 0.913. The van der Waals surface area contributed by atoms with E-state index in [2.05, 4.69) is 10.4 Å². The van der Waals surface area contributed by atoms with Crippen molar-refractivity contribution in [1.29, 1.82) is 0 Å². The standard InChI is InChI=1S/C15H17ClN4O.ClH/c1-11-10-17-6-8-19(11)15(21)14-5-7-20(18-14)13-4-2-3-12(16)9-13;/h2-5,7,9,11,17H,6,8,10H2,1H3;1H. The van der Waals surface area contributed by atoms with Crippen molar-refractivity contribution in [2.24, 2.45) is 0 Å². The van der Waals surface area contributed by atoms with Gasteiger partial charge < -0.3 is 10.2 Å². The number of halogens is 2. The Morgan fingerprint density at radius 2 is 2.23 bits per heavy atom. The van der Waals surface area contributed by atoms with E-state index in [0.717, 1.165) is 18.8 Å². The van der Waals surface area contributed by atoms with Crippen LogP contribution in [0.1, 0.15) is 17.4 Å². The summed E-state index contributed by atoms with van der Waals surface area (Å²) >= 11 is 5.98. The zero-order chi connectivity index (χ0) is 14.8. The van der Waals surface area contributed by atoms with Gasteiger partial charge in [0, 0.05) is 36.9 Å². The van der Waals surface area contributed by atoms with Crippen LogP contribution in [0.5, 0.6) is 0 Å². The number of hydrogen-bond acceptors (Lipinski definition) is 3. The van der Waals surface area contributed by atoms with E-state index in [1.54, 1.807) is 16.9 Å². The fourth-order valence-electron chi connectivity index (χ4n) is 2.49. The number of piperazine rings is 1. The van der Waals surface area contributed by atoms with E-state index in [-0.39, 0.29) is 24.4 Å². The fraction of sp³-hybridized carbons (Fsp3) is 0.333. The number of carbonyl (C=O) groups excluding carboxylic acids is 1. The third kappa shape index (κ3) is 3.43. The highest BCUT2D eigenvalue weighted by molar-refractivity contribution is 6.30. The molecule has 1 atom stereocenters. The predicted molar refractivity (Wildman–Crippen MR) is 89.2 cm³/mol. The van der Waals surface area contributed by atoms with Gasteiger partial charge in [0.15, 0.2) is 5.69 Å². The highest BCUT2D eigenvalue weighted by Gasteiger charge is 2.25. The molecule has 1 N–H and O–H groups in total. The molecule has 0 radical (unpaired) electrons. The lowest BCUT2D eigenvalue weighted by atomic mass is 10.2. The average Bonchev–Trinajstić information content (AvgIpc) is 2.97. The van der Waals surface area contributed by atoms with Crippen molar-refractivity contribution in [2.75, 3.05) is 19.6 Å². The summed E-state index contributed by atoms with van der Waals surface area (Å²) in [6.45, 7) is 4.40. The van der Waals surface area contributed by atoms with Crippen molar-refractivity contribution >= 4 is 29.9 Å². The number of benzene rings is 1. The van der Waals surface area contributed by atoms with Crippen molar-refractivity contribution in [3.8, 4) is 5.69 Å². The van der Waals surface area contributed by atoms with Crippen LogP contribution in [0.25, 0.3) is 5.69 Å². The largest absolute Gasteiger partial charge is 0.332 e. The molecule has 0 saturated carbocycles. The molecule has 1 aromatic heterocycles. The van der Waals surface area contributed by atoms with Crippen LogP contribution in [0.2, 0.25) is 5.02 Å². The molecular weight excluding hydrogens is 323 g/mol. The maximum Gasteiger partial charge on any atom is 0.274 e. The van der Waals surface area contributed by atoms with E-state index in [9.17, 15) is 4.79 Å². The molecular formula is C15H18Cl2N4O. The van der Waals surface area contributed by atoms with Crippen LogP contribution >= 0.6 is 24.0 Å². The smallest absolute Gasteiger partial charge is 0.274 e. The van der Waals surface area contributed by atoms with Gasteiger partial charge in [0.2, 0.25) is 0 Å². The number of hydrogen-bond donors (Lipinski definition) is 1. The Kier molecular flexibility index (Phi) is 5.45. The average molecular weight is 341 g/mol. The lowest BCUT2D eigenvalue weighted by Crippen LogP contribution is -2.52. The summed E-state index contributed by atoms with van der Waals surface area (Å²) in [6.07, 6.45) is 1.78. The van der Waals surface area contributed by atoms with Crippen molar-refractivity contribution in [1.82, 2.24) is 20.0 Å². The Morgan fingerprint density at radius 3 is 2.95 bits per heavy atom. The molecule has 1 amide bonds. The Bertz CT molecular complexity index is 658. The molecule has 22 heavy (non-hydrogen) atoms. The van der Waals surface area contributed by atoms with E-state index in [1.807, 2.05) is 36.1 Å². The second kappa shape index (κ2) is 7.13. The van der Waals surface area contributed by atoms with Crippen LogP contribution in [-0.2, 0) is 0 Å². The number of rotatable bonds is 2. The topological polar surface area (TPSA) is 50.2 Å². The number of carbonyl (C=O) groups is 1. The third-order valence-corrected chi connectivity index (χ3v) is 3.88. The van der Waals surface area contributed by atoms with Gasteiger partial charge in [-0.15, -0.1) is 12.4 Å². The van der Waals surface area contributed by atoms with E-state index < -0.39 is 0 Å². The first-order valence-electron chi connectivity index (χ1n) is 6.98. The van der Waals surface area contributed by atoms with Crippen LogP contribution in [0.15, 0.2) is 36.5 Å². The lowest BCUT2D eigenvalue weighted by molar-refractivity contribution is 0.0649. The number of aromatic nitrogens is 2. The van der Waals surface area contributed by atoms with E-state index >= 15 is 0 Å². The molecule has 0 aliphatic carbocycles. The summed E-state index contributed by atoms with van der Waals surface area (Å²) in [6, 6.07) is 9.32. The first-order valence-corrected chi connectivity index (χ1v) is 7.36. The Hall–Kier alpha value is -1.56. The minimum atomic E-state index is -0.0234. The molecule has 1 aromatic carbocycles. The molecule has 1 aliphatic rings. The number of nitrogens with zero attached hydrogens (tertiary/aromatic N) is 3. The first kappa shape index (κ1) is 16.8. The molecule has 1 saturated heterocycles. The van der Waals surface area contributed by atoms with Crippen molar-refractivity contribution in [3.05, 3.63) is 47.2 Å². The normalized spacial score (nSPS) is 17.9. The first-order chi connectivity index (χ1) is 10.1. The van der Waals surface area contributed by atoms with Gasteiger partial charge in [0.05, 0.1) is 5.69 Å². The molecule has 2 aromatic rings. The molecule has 0 bridgehead atoms. The second-order valence-corrected chi connectivity index (χ2v) is 5.61. The molecule has 7 heteroatoms. The molecule has 118 valence electrons. The maximum absolute atomic E-state index is 12.5. The monoisotopic (exact) mass is 340 g/mol. The van der Waals surface area contributed by atoms with E-state index in [4.69, 9.17) is 11.6 Å².